The first-order valence-corrected chi connectivity index (χ1v) is 16.8. The number of rotatable bonds is 18. The Kier molecular flexibility index (Phi) is 11.9. The molecule has 1 aromatic heterocycles. The summed E-state index contributed by atoms with van der Waals surface area (Å²) >= 11 is 0. The lowest BCUT2D eigenvalue weighted by Gasteiger charge is -2.15. The molecule has 5 aromatic rings. The van der Waals surface area contributed by atoms with Gasteiger partial charge in [-0.1, -0.05) is 114 Å². The maximum Gasteiger partial charge on any atom is 0.259 e. The fourth-order valence-corrected chi connectivity index (χ4v) is 5.82. The summed E-state index contributed by atoms with van der Waals surface area (Å²) in [4.78, 5) is 15.2. The van der Waals surface area contributed by atoms with Crippen LogP contribution in [0.25, 0.3) is 27.5 Å². The van der Waals surface area contributed by atoms with Crippen LogP contribution in [0.15, 0.2) is 72.8 Å². The van der Waals surface area contributed by atoms with Crippen LogP contribution in [0.1, 0.15) is 94.3 Å². The third-order valence-corrected chi connectivity index (χ3v) is 8.43. The number of aromatic nitrogens is 3. The maximum atomic E-state index is 13.7. The number of carbonyl (C=O) groups excluding carboxylic acids is 1. The molecule has 0 bridgehead atoms. The largest absolute Gasteiger partial charge is 0.506 e. The number of para-hydroxylation sites is 2. The molecule has 0 spiro atoms. The van der Waals surface area contributed by atoms with Gasteiger partial charge in [0, 0.05) is 16.8 Å². The minimum atomic E-state index is -0.454. The molecule has 8 heteroatoms. The van der Waals surface area contributed by atoms with Gasteiger partial charge >= 0.3 is 0 Å². The van der Waals surface area contributed by atoms with Crippen LogP contribution in [0.3, 0.4) is 0 Å². The van der Waals surface area contributed by atoms with E-state index >= 15 is 0 Å². The first-order valence-electron chi connectivity index (χ1n) is 16.8. The molecule has 0 saturated carbocycles. The van der Waals surface area contributed by atoms with E-state index in [9.17, 15) is 9.90 Å². The second-order valence-corrected chi connectivity index (χ2v) is 11.9. The Morgan fingerprint density at radius 3 is 2.11 bits per heavy atom. The van der Waals surface area contributed by atoms with Gasteiger partial charge in [-0.05, 0) is 36.8 Å². The molecular weight excluding hydrogens is 576 g/mol. The summed E-state index contributed by atoms with van der Waals surface area (Å²) < 4.78 is 11.4. The highest BCUT2D eigenvalue weighted by molar-refractivity contribution is 6.12. The fraction of sp³-hybridized carbons (Fsp3) is 0.395. The number of nitrogens with one attached hydrogen (secondary N) is 1. The Morgan fingerprint density at radius 1 is 0.761 bits per heavy atom. The van der Waals surface area contributed by atoms with Gasteiger partial charge in [0.2, 0.25) is 0 Å². The number of fused-ring (bicyclic) bond motifs is 2. The Hall–Kier alpha value is -4.59. The van der Waals surface area contributed by atoms with Crippen molar-refractivity contribution in [3.05, 3.63) is 78.4 Å². The summed E-state index contributed by atoms with van der Waals surface area (Å²) in [6.45, 7) is 2.84. The standard InChI is InChI=1S/C38H46N4O4/c1-3-4-5-6-7-8-9-10-11-12-13-18-25-46-36-22-17-16-21-33(36)39-38(44)31-27-35(29-19-14-15-20-30(29)37(31)43)42-40-32-24-23-28(45-2)26-34(32)41-42/h14-17,19-24,26-27,43H,3-13,18,25H2,1-2H3,(H,39,44). The molecular formula is C38H46N4O4. The summed E-state index contributed by atoms with van der Waals surface area (Å²) in [7, 11) is 1.60. The highest BCUT2D eigenvalue weighted by Crippen LogP contribution is 2.35. The minimum absolute atomic E-state index is 0.106. The quantitative estimate of drug-likeness (QED) is 0.0944. The summed E-state index contributed by atoms with van der Waals surface area (Å²) in [5.41, 5.74) is 2.58. The van der Waals surface area contributed by atoms with E-state index in [-0.39, 0.29) is 11.3 Å². The Morgan fingerprint density at radius 2 is 1.39 bits per heavy atom. The van der Waals surface area contributed by atoms with Crippen LogP contribution in [0.2, 0.25) is 0 Å². The van der Waals surface area contributed by atoms with E-state index < -0.39 is 5.91 Å². The molecule has 0 aliphatic rings. The Bertz CT molecular complexity index is 1730. The van der Waals surface area contributed by atoms with Crippen LogP contribution in [0.4, 0.5) is 5.69 Å². The molecule has 0 fully saturated rings. The molecule has 0 saturated heterocycles. The number of aromatic hydroxyl groups is 1. The van der Waals surface area contributed by atoms with Crippen molar-refractivity contribution in [1.29, 1.82) is 0 Å². The average Bonchev–Trinajstić information content (AvgIpc) is 3.51. The number of carbonyl (C=O) groups is 1. The number of hydrogen-bond acceptors (Lipinski definition) is 6. The normalized spacial score (nSPS) is 11.3. The van der Waals surface area contributed by atoms with Crippen LogP contribution in [0, 0.1) is 0 Å². The zero-order valence-electron chi connectivity index (χ0n) is 27.1. The molecule has 0 atom stereocenters. The number of benzene rings is 4. The highest BCUT2D eigenvalue weighted by atomic mass is 16.5. The molecule has 1 heterocycles. The number of ether oxygens (including phenoxy) is 2. The summed E-state index contributed by atoms with van der Waals surface area (Å²) in [6, 6.07) is 21.9. The van der Waals surface area contributed by atoms with Gasteiger partial charge in [0.25, 0.3) is 5.91 Å². The van der Waals surface area contributed by atoms with Crippen molar-refractivity contribution in [2.24, 2.45) is 0 Å². The predicted octanol–water partition coefficient (Wildman–Crippen LogP) is 9.62. The molecule has 0 aliphatic heterocycles. The molecule has 0 aliphatic carbocycles. The van der Waals surface area contributed by atoms with E-state index in [1.165, 1.54) is 69.0 Å². The zero-order valence-corrected chi connectivity index (χ0v) is 27.1. The molecule has 1 amide bonds. The van der Waals surface area contributed by atoms with E-state index in [4.69, 9.17) is 9.47 Å². The SMILES string of the molecule is CCCCCCCCCCCCCCOc1ccccc1NC(=O)c1cc(-n2nc3ccc(OC)cc3n2)c2ccccc2c1O. The third-order valence-electron chi connectivity index (χ3n) is 8.43. The number of phenolic OH excluding ortho intramolecular Hbond substituents is 1. The van der Waals surface area contributed by atoms with Gasteiger partial charge in [0.1, 0.15) is 28.3 Å². The van der Waals surface area contributed by atoms with E-state index in [0.29, 0.717) is 45.9 Å². The molecule has 8 nitrogen and oxygen atoms in total. The molecule has 4 aromatic carbocycles. The van der Waals surface area contributed by atoms with Crippen molar-refractivity contribution in [1.82, 2.24) is 15.0 Å². The van der Waals surface area contributed by atoms with Crippen molar-refractivity contribution in [3.63, 3.8) is 0 Å². The van der Waals surface area contributed by atoms with Crippen molar-refractivity contribution in [2.75, 3.05) is 19.0 Å². The molecule has 46 heavy (non-hydrogen) atoms. The molecule has 242 valence electrons. The van der Waals surface area contributed by atoms with E-state index in [1.807, 2.05) is 60.7 Å². The first kappa shape index (κ1) is 32.8. The zero-order chi connectivity index (χ0) is 32.1. The third kappa shape index (κ3) is 8.36. The number of hydrogen-bond donors (Lipinski definition) is 2. The predicted molar refractivity (Wildman–Crippen MR) is 186 cm³/mol. The van der Waals surface area contributed by atoms with Gasteiger partial charge in [-0.25, -0.2) is 0 Å². The smallest absolute Gasteiger partial charge is 0.259 e. The van der Waals surface area contributed by atoms with E-state index in [1.54, 1.807) is 19.2 Å². The lowest BCUT2D eigenvalue weighted by atomic mass is 10.0. The second-order valence-electron chi connectivity index (χ2n) is 11.9. The number of unbranched alkanes of at least 4 members (excludes halogenated alkanes) is 11. The minimum Gasteiger partial charge on any atom is -0.506 e. The van der Waals surface area contributed by atoms with Crippen molar-refractivity contribution >= 4 is 33.4 Å². The molecule has 2 N–H and O–H groups in total. The number of phenols is 1. The summed E-state index contributed by atoms with van der Waals surface area (Å²) in [5, 5.41) is 24.7. The average molecular weight is 623 g/mol. The van der Waals surface area contributed by atoms with Gasteiger partial charge in [-0.3, -0.25) is 4.79 Å². The van der Waals surface area contributed by atoms with Crippen LogP contribution in [-0.2, 0) is 0 Å². The van der Waals surface area contributed by atoms with Gasteiger partial charge < -0.3 is 19.9 Å². The fourth-order valence-electron chi connectivity index (χ4n) is 5.82. The van der Waals surface area contributed by atoms with Crippen molar-refractivity contribution in [2.45, 2.75) is 84.0 Å². The Labute approximate surface area is 271 Å². The first-order chi connectivity index (χ1) is 22.6. The van der Waals surface area contributed by atoms with Crippen LogP contribution < -0.4 is 14.8 Å². The molecule has 5 rings (SSSR count). The van der Waals surface area contributed by atoms with Crippen molar-refractivity contribution in [3.8, 4) is 22.9 Å². The summed E-state index contributed by atoms with van der Waals surface area (Å²) in [5.74, 6) is 0.720. The highest BCUT2D eigenvalue weighted by Gasteiger charge is 2.20. The Balaban J connectivity index is 1.21. The topological polar surface area (TPSA) is 98.5 Å². The second kappa shape index (κ2) is 16.6. The van der Waals surface area contributed by atoms with E-state index in [2.05, 4.69) is 22.4 Å². The number of nitrogens with zero attached hydrogens (tertiary/aromatic N) is 3. The van der Waals surface area contributed by atoms with E-state index in [0.717, 1.165) is 18.2 Å². The van der Waals surface area contributed by atoms with Crippen LogP contribution >= 0.6 is 0 Å². The van der Waals surface area contributed by atoms with Gasteiger partial charge in [0.05, 0.1) is 30.7 Å². The van der Waals surface area contributed by atoms with Gasteiger partial charge in [0.15, 0.2) is 0 Å². The van der Waals surface area contributed by atoms with Gasteiger partial charge in [-0.2, -0.15) is 0 Å². The number of amides is 1. The van der Waals surface area contributed by atoms with Crippen LogP contribution in [0.5, 0.6) is 17.2 Å². The lowest BCUT2D eigenvalue weighted by Crippen LogP contribution is -2.14. The molecule has 0 radical (unpaired) electrons. The molecule has 0 unspecified atom stereocenters. The van der Waals surface area contributed by atoms with Crippen molar-refractivity contribution < 1.29 is 19.4 Å². The maximum absolute atomic E-state index is 13.7. The number of anilines is 1. The van der Waals surface area contributed by atoms with Crippen LogP contribution in [-0.4, -0.2) is 39.7 Å². The number of methoxy groups -OCH3 is 1. The summed E-state index contributed by atoms with van der Waals surface area (Å²) in [6.07, 6.45) is 15.4. The monoisotopic (exact) mass is 622 g/mol. The lowest BCUT2D eigenvalue weighted by molar-refractivity contribution is 0.102. The van der Waals surface area contributed by atoms with Gasteiger partial charge in [-0.15, -0.1) is 15.0 Å².